The fourth-order valence-corrected chi connectivity index (χ4v) is 3.09. The van der Waals surface area contributed by atoms with E-state index in [1.807, 2.05) is 20.8 Å². The number of nitrogens with zero attached hydrogens (tertiary/aromatic N) is 2. The summed E-state index contributed by atoms with van der Waals surface area (Å²) in [6, 6.07) is 0. The van der Waals surface area contributed by atoms with Crippen molar-refractivity contribution >= 4 is 27.5 Å². The zero-order valence-electron chi connectivity index (χ0n) is 12.6. The monoisotopic (exact) mass is 293 g/mol. The minimum absolute atomic E-state index is 0.101. The number of carbonyl (C=O) groups excluding carboxylic acids is 1. The SMILES string of the molecule is Cc1c(C(=O)NC(C)(C)C)sc2nc(C)n(C)c(=O)c12. The van der Waals surface area contributed by atoms with Crippen LogP contribution in [0.15, 0.2) is 4.79 Å². The smallest absolute Gasteiger partial charge is 0.262 e. The molecule has 0 unspecified atom stereocenters. The molecule has 2 aromatic heterocycles. The van der Waals surface area contributed by atoms with Gasteiger partial charge in [0.1, 0.15) is 10.7 Å². The van der Waals surface area contributed by atoms with Gasteiger partial charge in [-0.3, -0.25) is 14.2 Å². The van der Waals surface area contributed by atoms with Crippen molar-refractivity contribution in [3.05, 3.63) is 26.6 Å². The summed E-state index contributed by atoms with van der Waals surface area (Å²) < 4.78 is 1.51. The second kappa shape index (κ2) is 4.70. The first-order valence-corrected chi connectivity index (χ1v) is 7.22. The number of aryl methyl sites for hydroxylation is 2. The average Bonchev–Trinajstić information content (AvgIpc) is 2.61. The Labute approximate surface area is 121 Å². The Morgan fingerprint density at radius 1 is 1.30 bits per heavy atom. The third kappa shape index (κ3) is 2.47. The third-order valence-electron chi connectivity index (χ3n) is 3.09. The van der Waals surface area contributed by atoms with Gasteiger partial charge in [0.15, 0.2) is 0 Å². The van der Waals surface area contributed by atoms with E-state index in [0.717, 1.165) is 0 Å². The molecule has 0 spiro atoms. The lowest BCUT2D eigenvalue weighted by Crippen LogP contribution is -2.40. The maximum Gasteiger partial charge on any atom is 0.262 e. The molecular formula is C14H19N3O2S. The lowest BCUT2D eigenvalue weighted by atomic mass is 10.1. The van der Waals surface area contributed by atoms with Crippen LogP contribution in [0.4, 0.5) is 0 Å². The zero-order chi connectivity index (χ0) is 15.2. The van der Waals surface area contributed by atoms with Crippen molar-refractivity contribution in [2.24, 2.45) is 7.05 Å². The summed E-state index contributed by atoms with van der Waals surface area (Å²) in [6.07, 6.45) is 0. The van der Waals surface area contributed by atoms with E-state index < -0.39 is 0 Å². The van der Waals surface area contributed by atoms with Crippen molar-refractivity contribution < 1.29 is 4.79 Å². The maximum absolute atomic E-state index is 12.3. The second-order valence-corrected chi connectivity index (χ2v) is 6.96. The maximum atomic E-state index is 12.3. The summed E-state index contributed by atoms with van der Waals surface area (Å²) in [5.41, 5.74) is 0.296. The number of nitrogens with one attached hydrogen (secondary N) is 1. The molecule has 2 aromatic rings. The molecule has 0 fully saturated rings. The molecule has 2 heterocycles. The van der Waals surface area contributed by atoms with Gasteiger partial charge in [0.05, 0.1) is 10.3 Å². The summed E-state index contributed by atoms with van der Waals surface area (Å²) in [5.74, 6) is 0.490. The van der Waals surface area contributed by atoms with Crippen LogP contribution in [0.5, 0.6) is 0 Å². The molecular weight excluding hydrogens is 274 g/mol. The Morgan fingerprint density at radius 2 is 1.90 bits per heavy atom. The minimum Gasteiger partial charge on any atom is -0.347 e. The van der Waals surface area contributed by atoms with E-state index in [4.69, 9.17) is 0 Å². The quantitative estimate of drug-likeness (QED) is 0.876. The summed E-state index contributed by atoms with van der Waals surface area (Å²) >= 11 is 1.27. The summed E-state index contributed by atoms with van der Waals surface area (Å²) in [5, 5.41) is 3.46. The Morgan fingerprint density at radius 3 is 2.45 bits per heavy atom. The van der Waals surface area contributed by atoms with E-state index in [2.05, 4.69) is 10.3 Å². The van der Waals surface area contributed by atoms with Gasteiger partial charge in [-0.05, 0) is 40.2 Å². The number of hydrogen-bond acceptors (Lipinski definition) is 4. The number of carbonyl (C=O) groups is 1. The van der Waals surface area contributed by atoms with Gasteiger partial charge in [0.2, 0.25) is 0 Å². The topological polar surface area (TPSA) is 64.0 Å². The molecule has 1 N–H and O–H groups in total. The molecule has 0 saturated carbocycles. The van der Waals surface area contributed by atoms with Gasteiger partial charge < -0.3 is 5.32 Å². The van der Waals surface area contributed by atoms with Crippen LogP contribution in [0.3, 0.4) is 0 Å². The summed E-state index contributed by atoms with van der Waals surface area (Å²) in [6.45, 7) is 9.36. The highest BCUT2D eigenvalue weighted by molar-refractivity contribution is 7.20. The molecule has 1 amide bonds. The molecule has 2 rings (SSSR count). The van der Waals surface area contributed by atoms with Crippen LogP contribution in [-0.4, -0.2) is 21.0 Å². The Balaban J connectivity index is 2.64. The second-order valence-electron chi connectivity index (χ2n) is 5.96. The average molecular weight is 293 g/mol. The first-order valence-electron chi connectivity index (χ1n) is 6.41. The van der Waals surface area contributed by atoms with E-state index in [1.54, 1.807) is 20.9 Å². The largest absolute Gasteiger partial charge is 0.347 e. The summed E-state index contributed by atoms with van der Waals surface area (Å²) in [7, 11) is 1.69. The van der Waals surface area contributed by atoms with E-state index in [9.17, 15) is 9.59 Å². The molecule has 5 nitrogen and oxygen atoms in total. The number of thiophene rings is 1. The van der Waals surface area contributed by atoms with Gasteiger partial charge in [-0.15, -0.1) is 11.3 Å². The molecule has 108 valence electrons. The normalized spacial score (nSPS) is 11.9. The first kappa shape index (κ1) is 14.7. The Bertz CT molecular complexity index is 750. The van der Waals surface area contributed by atoms with E-state index in [-0.39, 0.29) is 17.0 Å². The van der Waals surface area contributed by atoms with Crippen molar-refractivity contribution in [1.82, 2.24) is 14.9 Å². The number of amides is 1. The van der Waals surface area contributed by atoms with Crippen LogP contribution in [0, 0.1) is 13.8 Å². The molecule has 0 radical (unpaired) electrons. The molecule has 0 atom stereocenters. The van der Waals surface area contributed by atoms with E-state index >= 15 is 0 Å². The zero-order valence-corrected chi connectivity index (χ0v) is 13.4. The highest BCUT2D eigenvalue weighted by Crippen LogP contribution is 2.27. The molecule has 0 aromatic carbocycles. The molecule has 6 heteroatoms. The van der Waals surface area contributed by atoms with Gasteiger partial charge in [-0.1, -0.05) is 0 Å². The number of rotatable bonds is 1. The third-order valence-corrected chi connectivity index (χ3v) is 4.27. The van der Waals surface area contributed by atoms with Gasteiger partial charge in [0, 0.05) is 12.6 Å². The lowest BCUT2D eigenvalue weighted by Gasteiger charge is -2.20. The van der Waals surface area contributed by atoms with Crippen molar-refractivity contribution in [2.75, 3.05) is 0 Å². The van der Waals surface area contributed by atoms with Crippen LogP contribution in [-0.2, 0) is 7.05 Å². The highest BCUT2D eigenvalue weighted by Gasteiger charge is 2.22. The van der Waals surface area contributed by atoms with Crippen LogP contribution in [0.2, 0.25) is 0 Å². The predicted octanol–water partition coefficient (Wildman–Crippen LogP) is 2.14. The lowest BCUT2D eigenvalue weighted by molar-refractivity contribution is 0.0923. The van der Waals surface area contributed by atoms with Gasteiger partial charge in [0.25, 0.3) is 11.5 Å². The van der Waals surface area contributed by atoms with Gasteiger partial charge >= 0.3 is 0 Å². The van der Waals surface area contributed by atoms with Crippen molar-refractivity contribution in [1.29, 1.82) is 0 Å². The molecule has 0 aliphatic carbocycles. The van der Waals surface area contributed by atoms with Gasteiger partial charge in [-0.2, -0.15) is 0 Å². The van der Waals surface area contributed by atoms with Crippen LogP contribution in [0.25, 0.3) is 10.2 Å². The Hall–Kier alpha value is -1.69. The molecule has 0 bridgehead atoms. The van der Waals surface area contributed by atoms with Crippen LogP contribution in [0.1, 0.15) is 41.8 Å². The first-order chi connectivity index (χ1) is 9.11. The van der Waals surface area contributed by atoms with Crippen LogP contribution >= 0.6 is 11.3 Å². The summed E-state index contributed by atoms with van der Waals surface area (Å²) in [4.78, 5) is 30.2. The van der Waals surface area contributed by atoms with E-state index in [1.165, 1.54) is 15.9 Å². The van der Waals surface area contributed by atoms with Gasteiger partial charge in [-0.25, -0.2) is 4.98 Å². The molecule has 20 heavy (non-hydrogen) atoms. The van der Waals surface area contributed by atoms with Crippen molar-refractivity contribution in [3.63, 3.8) is 0 Å². The molecule has 0 aliphatic rings. The minimum atomic E-state index is -0.312. The fourth-order valence-electron chi connectivity index (χ4n) is 1.98. The van der Waals surface area contributed by atoms with Crippen molar-refractivity contribution in [2.45, 2.75) is 40.2 Å². The van der Waals surface area contributed by atoms with E-state index in [0.29, 0.717) is 26.5 Å². The molecule has 0 aliphatic heterocycles. The fraction of sp³-hybridized carbons (Fsp3) is 0.500. The predicted molar refractivity (Wildman–Crippen MR) is 81.6 cm³/mol. The highest BCUT2D eigenvalue weighted by atomic mass is 32.1. The van der Waals surface area contributed by atoms with Crippen molar-refractivity contribution in [3.8, 4) is 0 Å². The number of fused-ring (bicyclic) bond motifs is 1. The number of aromatic nitrogens is 2. The molecule has 0 saturated heterocycles. The van der Waals surface area contributed by atoms with Crippen LogP contribution < -0.4 is 10.9 Å². The Kier molecular flexibility index (Phi) is 3.46. The number of hydrogen-bond donors (Lipinski definition) is 1. The standard InChI is InChI=1S/C14H19N3O2S/c1-7-9-12(15-8(2)17(6)13(9)19)20-10(7)11(18)16-14(3,4)5/h1-6H3,(H,16,18).